The Hall–Kier alpha value is -1.07. The highest BCUT2D eigenvalue weighted by Gasteiger charge is 2.46. The van der Waals surface area contributed by atoms with Crippen LogP contribution in [0.5, 0.6) is 0 Å². The predicted octanol–water partition coefficient (Wildman–Crippen LogP) is 5.28. The van der Waals surface area contributed by atoms with Crippen LogP contribution in [-0.4, -0.2) is 46.0 Å². The molecule has 6 heteroatoms. The summed E-state index contributed by atoms with van der Waals surface area (Å²) in [5.74, 6) is 1.54. The summed E-state index contributed by atoms with van der Waals surface area (Å²) in [4.78, 5) is 9.82. The molecule has 0 bridgehead atoms. The molecule has 0 unspecified atom stereocenters. The molecule has 2 saturated heterocycles. The van der Waals surface area contributed by atoms with Crippen molar-refractivity contribution in [3.63, 3.8) is 0 Å². The van der Waals surface area contributed by atoms with Gasteiger partial charge in [-0.2, -0.15) is 0 Å². The van der Waals surface area contributed by atoms with Gasteiger partial charge in [0.15, 0.2) is 0 Å². The predicted molar refractivity (Wildman–Crippen MR) is 128 cm³/mol. The van der Waals surface area contributed by atoms with E-state index in [-0.39, 0.29) is 24.8 Å². The first-order chi connectivity index (χ1) is 13.7. The molecule has 4 nitrogen and oxygen atoms in total. The number of nitrogens with zero attached hydrogens (tertiary/aromatic N) is 4. The lowest BCUT2D eigenvalue weighted by Crippen LogP contribution is -2.30. The van der Waals surface area contributed by atoms with Gasteiger partial charge in [0.25, 0.3) is 0 Å². The van der Waals surface area contributed by atoms with Crippen LogP contribution in [0, 0.1) is 18.8 Å². The molecule has 1 saturated carbocycles. The number of rotatable bonds is 4. The Balaban J connectivity index is 0.00000128. The van der Waals surface area contributed by atoms with Crippen molar-refractivity contribution in [2.75, 3.05) is 26.7 Å². The smallest absolute Gasteiger partial charge is 0.0951 e. The number of aryl methyl sites for hydroxylation is 1. The second kappa shape index (κ2) is 10.0. The first-order valence-corrected chi connectivity index (χ1v) is 11.2. The average molecular weight is 451 g/mol. The zero-order chi connectivity index (χ0) is 19.1. The van der Waals surface area contributed by atoms with E-state index in [4.69, 9.17) is 0 Å². The molecule has 166 valence electrons. The molecule has 0 spiro atoms. The minimum Gasteiger partial charge on any atom is -0.330 e. The Morgan fingerprint density at radius 2 is 1.77 bits per heavy atom. The summed E-state index contributed by atoms with van der Waals surface area (Å²) in [5.41, 5.74) is 4.40. The van der Waals surface area contributed by atoms with Crippen molar-refractivity contribution in [3.8, 4) is 0 Å². The van der Waals surface area contributed by atoms with Gasteiger partial charge in [-0.05, 0) is 49.8 Å². The molecule has 3 fully saturated rings. The number of aromatic nitrogens is 2. The van der Waals surface area contributed by atoms with Crippen LogP contribution in [0.4, 0.5) is 0 Å². The van der Waals surface area contributed by atoms with E-state index in [9.17, 15) is 0 Å². The monoisotopic (exact) mass is 450 g/mol. The summed E-state index contributed by atoms with van der Waals surface area (Å²) in [7, 11) is 2.32. The largest absolute Gasteiger partial charge is 0.330 e. The van der Waals surface area contributed by atoms with Crippen LogP contribution in [0.1, 0.15) is 61.0 Å². The molecule has 3 atom stereocenters. The number of fused-ring (bicyclic) bond motifs is 1. The lowest BCUT2D eigenvalue weighted by molar-refractivity contribution is 0.219. The van der Waals surface area contributed by atoms with Crippen LogP contribution in [0.3, 0.4) is 0 Å². The van der Waals surface area contributed by atoms with Crippen molar-refractivity contribution >= 4 is 24.8 Å². The molecule has 1 aliphatic carbocycles. The van der Waals surface area contributed by atoms with Gasteiger partial charge in [-0.1, -0.05) is 43.5 Å². The molecule has 1 aromatic carbocycles. The highest BCUT2D eigenvalue weighted by Crippen LogP contribution is 2.45. The maximum atomic E-state index is 4.53. The molecule has 2 aliphatic heterocycles. The third-order valence-electron chi connectivity index (χ3n) is 7.58. The molecule has 3 aliphatic rings. The van der Waals surface area contributed by atoms with Crippen LogP contribution in [0.25, 0.3) is 0 Å². The summed E-state index contributed by atoms with van der Waals surface area (Å²) in [6.07, 6.45) is 11.0. The van der Waals surface area contributed by atoms with E-state index in [2.05, 4.69) is 70.1 Å². The van der Waals surface area contributed by atoms with Crippen molar-refractivity contribution < 1.29 is 0 Å². The van der Waals surface area contributed by atoms with Crippen molar-refractivity contribution in [2.24, 2.45) is 11.8 Å². The molecule has 5 rings (SSSR count). The molecule has 30 heavy (non-hydrogen) atoms. The minimum absolute atomic E-state index is 0. The first-order valence-electron chi connectivity index (χ1n) is 11.2. The SMILES string of the molecule is Cc1ccccc1[C@H]1[C@@H]2CN(Cc3cncn3C3CCCCC3)C[C@@H]2CN1C.Cl.Cl. The highest BCUT2D eigenvalue weighted by molar-refractivity contribution is 5.85. The van der Waals surface area contributed by atoms with Gasteiger partial charge < -0.3 is 4.57 Å². The van der Waals surface area contributed by atoms with Gasteiger partial charge in [-0.15, -0.1) is 24.8 Å². The van der Waals surface area contributed by atoms with E-state index in [0.29, 0.717) is 12.1 Å². The second-order valence-electron chi connectivity index (χ2n) is 9.44. The normalized spacial score (nSPS) is 27.5. The molecule has 1 aromatic heterocycles. The fourth-order valence-electron chi connectivity index (χ4n) is 6.24. The topological polar surface area (TPSA) is 24.3 Å². The molecule has 0 radical (unpaired) electrons. The maximum Gasteiger partial charge on any atom is 0.0951 e. The summed E-state index contributed by atoms with van der Waals surface area (Å²) in [5, 5.41) is 0. The third kappa shape index (κ3) is 4.43. The fourth-order valence-corrected chi connectivity index (χ4v) is 6.24. The van der Waals surface area contributed by atoms with Gasteiger partial charge in [0.1, 0.15) is 0 Å². The van der Waals surface area contributed by atoms with Crippen LogP contribution in [0.15, 0.2) is 36.8 Å². The summed E-state index contributed by atoms with van der Waals surface area (Å²) < 4.78 is 2.50. The van der Waals surface area contributed by atoms with Gasteiger partial charge in [-0.25, -0.2) is 4.98 Å². The minimum atomic E-state index is 0. The average Bonchev–Trinajstić information content (AvgIpc) is 3.38. The molecule has 0 amide bonds. The quantitative estimate of drug-likeness (QED) is 0.633. The molecular weight excluding hydrogens is 415 g/mol. The number of imidazole rings is 1. The summed E-state index contributed by atoms with van der Waals surface area (Å²) in [6.45, 7) is 7.00. The van der Waals surface area contributed by atoms with Gasteiger partial charge in [0.2, 0.25) is 0 Å². The van der Waals surface area contributed by atoms with Crippen LogP contribution < -0.4 is 0 Å². The van der Waals surface area contributed by atoms with Crippen molar-refractivity contribution in [1.82, 2.24) is 19.4 Å². The van der Waals surface area contributed by atoms with Crippen LogP contribution in [-0.2, 0) is 6.54 Å². The zero-order valence-corrected chi connectivity index (χ0v) is 19.9. The fraction of sp³-hybridized carbons (Fsp3) is 0.625. The van der Waals surface area contributed by atoms with Crippen molar-refractivity contribution in [2.45, 2.75) is 57.7 Å². The van der Waals surface area contributed by atoms with E-state index >= 15 is 0 Å². The van der Waals surface area contributed by atoms with Crippen LogP contribution >= 0.6 is 24.8 Å². The van der Waals surface area contributed by atoms with Gasteiger partial charge in [0, 0.05) is 44.5 Å². The van der Waals surface area contributed by atoms with E-state index in [1.165, 1.54) is 68.6 Å². The van der Waals surface area contributed by atoms with Gasteiger partial charge >= 0.3 is 0 Å². The van der Waals surface area contributed by atoms with E-state index in [1.54, 1.807) is 0 Å². The number of benzene rings is 1. The second-order valence-corrected chi connectivity index (χ2v) is 9.44. The van der Waals surface area contributed by atoms with Crippen molar-refractivity contribution in [3.05, 3.63) is 53.6 Å². The zero-order valence-electron chi connectivity index (χ0n) is 18.2. The standard InChI is InChI=1S/C24H34N4.2ClH/c1-18-8-6-7-11-22(18)24-23-16-27(14-19(23)13-26(24)2)15-21-12-25-17-28(21)20-9-4-3-5-10-20;;/h6-8,11-12,17,19-20,23-24H,3-5,9-10,13-16H2,1-2H3;2*1H/t19-,23+,24-;;/m0../s1. The van der Waals surface area contributed by atoms with Crippen LogP contribution in [0.2, 0.25) is 0 Å². The Morgan fingerprint density at radius 3 is 2.53 bits per heavy atom. The molecular formula is C24H36Cl2N4. The molecule has 0 N–H and O–H groups in total. The Labute approximate surface area is 193 Å². The third-order valence-corrected chi connectivity index (χ3v) is 7.58. The van der Waals surface area contributed by atoms with Crippen molar-refractivity contribution in [1.29, 1.82) is 0 Å². The van der Waals surface area contributed by atoms with E-state index in [1.807, 2.05) is 0 Å². The summed E-state index contributed by atoms with van der Waals surface area (Å²) >= 11 is 0. The molecule has 2 aromatic rings. The summed E-state index contributed by atoms with van der Waals surface area (Å²) in [6, 6.07) is 10.2. The number of hydrogen-bond donors (Lipinski definition) is 0. The Bertz CT molecular complexity index is 817. The van der Waals surface area contributed by atoms with E-state index in [0.717, 1.165) is 18.4 Å². The van der Waals surface area contributed by atoms with Gasteiger partial charge in [0.05, 0.1) is 12.0 Å². The highest BCUT2D eigenvalue weighted by atomic mass is 35.5. The number of halogens is 2. The first kappa shape index (κ1) is 23.6. The lowest BCUT2D eigenvalue weighted by atomic mass is 9.88. The van der Waals surface area contributed by atoms with E-state index < -0.39 is 0 Å². The Kier molecular flexibility index (Phi) is 7.89. The number of likely N-dealkylation sites (tertiary alicyclic amines) is 2. The molecule has 3 heterocycles. The van der Waals surface area contributed by atoms with Gasteiger partial charge in [-0.3, -0.25) is 9.80 Å². The maximum absolute atomic E-state index is 4.53. The number of hydrogen-bond acceptors (Lipinski definition) is 3. The Morgan fingerprint density at radius 1 is 1.00 bits per heavy atom. The lowest BCUT2D eigenvalue weighted by Gasteiger charge is -2.29.